The second-order valence-corrected chi connectivity index (χ2v) is 4.56. The van der Waals surface area contributed by atoms with Crippen molar-refractivity contribution < 1.29 is 0 Å². The Labute approximate surface area is 110 Å². The van der Waals surface area contributed by atoms with Crippen LogP contribution in [0.1, 0.15) is 5.56 Å². The minimum atomic E-state index is 0.759. The second-order valence-electron chi connectivity index (χ2n) is 4.12. The highest BCUT2D eigenvalue weighted by Crippen LogP contribution is 2.21. The molecule has 0 fully saturated rings. The fourth-order valence-corrected chi connectivity index (χ4v) is 2.04. The molecule has 0 aliphatic heterocycles. The fraction of sp³-hybridized carbons (Fsp3) is 0.0714. The normalized spacial score (nSPS) is 10.7. The maximum atomic E-state index is 5.86. The molecule has 1 heterocycles. The van der Waals surface area contributed by atoms with E-state index in [9.17, 15) is 0 Å². The van der Waals surface area contributed by atoms with Gasteiger partial charge in [0, 0.05) is 17.0 Å². The molecular weight excluding hydrogens is 246 g/mol. The highest BCUT2D eigenvalue weighted by molar-refractivity contribution is 6.30. The summed E-state index contributed by atoms with van der Waals surface area (Å²) in [4.78, 5) is 0. The van der Waals surface area contributed by atoms with E-state index in [1.54, 1.807) is 0 Å². The van der Waals surface area contributed by atoms with E-state index < -0.39 is 0 Å². The first-order chi connectivity index (χ1) is 8.83. The molecule has 1 aromatic heterocycles. The summed E-state index contributed by atoms with van der Waals surface area (Å²) in [5, 5.41) is 12.3. The summed E-state index contributed by atoms with van der Waals surface area (Å²) in [6.07, 6.45) is 1.82. The number of para-hydroxylation sites is 1. The number of nitrogens with zero attached hydrogens (tertiary/aromatic N) is 1. The Balaban J connectivity index is 1.80. The Bertz CT molecular complexity index is 658. The summed E-state index contributed by atoms with van der Waals surface area (Å²) in [5.41, 5.74) is 3.28. The van der Waals surface area contributed by atoms with Crippen molar-refractivity contribution in [1.82, 2.24) is 10.2 Å². The Morgan fingerprint density at radius 1 is 1.11 bits per heavy atom. The number of benzene rings is 2. The van der Waals surface area contributed by atoms with Crippen molar-refractivity contribution in [3.63, 3.8) is 0 Å². The highest BCUT2D eigenvalue weighted by atomic mass is 35.5. The van der Waals surface area contributed by atoms with E-state index in [-0.39, 0.29) is 0 Å². The van der Waals surface area contributed by atoms with E-state index in [1.165, 1.54) is 5.56 Å². The Morgan fingerprint density at radius 2 is 1.94 bits per heavy atom. The molecule has 4 heteroatoms. The van der Waals surface area contributed by atoms with Gasteiger partial charge in [-0.2, -0.15) is 5.10 Å². The van der Waals surface area contributed by atoms with Crippen LogP contribution in [0.4, 0.5) is 5.69 Å². The summed E-state index contributed by atoms with van der Waals surface area (Å²) in [5.74, 6) is 0. The topological polar surface area (TPSA) is 40.7 Å². The maximum absolute atomic E-state index is 5.86. The predicted molar refractivity (Wildman–Crippen MR) is 74.9 cm³/mol. The first-order valence-electron chi connectivity index (χ1n) is 5.73. The van der Waals surface area contributed by atoms with E-state index in [0.717, 1.165) is 28.2 Å². The molecule has 0 saturated carbocycles. The number of fused-ring (bicyclic) bond motifs is 1. The first-order valence-corrected chi connectivity index (χ1v) is 6.11. The van der Waals surface area contributed by atoms with Crippen LogP contribution in [-0.2, 0) is 6.54 Å². The van der Waals surface area contributed by atoms with Crippen LogP contribution in [0.3, 0.4) is 0 Å². The van der Waals surface area contributed by atoms with Crippen LogP contribution in [0.5, 0.6) is 0 Å². The molecule has 18 heavy (non-hydrogen) atoms. The Kier molecular flexibility index (Phi) is 2.90. The van der Waals surface area contributed by atoms with Crippen LogP contribution in [0.25, 0.3) is 10.9 Å². The third-order valence-electron chi connectivity index (χ3n) is 2.87. The van der Waals surface area contributed by atoms with Crippen LogP contribution < -0.4 is 5.32 Å². The van der Waals surface area contributed by atoms with Gasteiger partial charge in [0.25, 0.3) is 0 Å². The van der Waals surface area contributed by atoms with Crippen molar-refractivity contribution in [3.8, 4) is 0 Å². The zero-order chi connectivity index (χ0) is 12.4. The number of H-pyrrole nitrogens is 1. The smallest absolute Gasteiger partial charge is 0.0881 e. The van der Waals surface area contributed by atoms with Crippen molar-refractivity contribution in [1.29, 1.82) is 0 Å². The van der Waals surface area contributed by atoms with Crippen LogP contribution in [0.15, 0.2) is 48.7 Å². The number of hydrogen-bond donors (Lipinski definition) is 2. The van der Waals surface area contributed by atoms with Gasteiger partial charge in [0.2, 0.25) is 0 Å². The minimum absolute atomic E-state index is 0.759. The summed E-state index contributed by atoms with van der Waals surface area (Å²) in [6, 6.07) is 13.9. The van der Waals surface area contributed by atoms with Crippen LogP contribution in [0, 0.1) is 0 Å². The molecule has 0 saturated heterocycles. The van der Waals surface area contributed by atoms with Crippen molar-refractivity contribution >= 4 is 28.2 Å². The molecular formula is C14H12ClN3. The number of nitrogens with one attached hydrogen (secondary N) is 2. The van der Waals surface area contributed by atoms with Gasteiger partial charge in [-0.1, -0.05) is 35.9 Å². The van der Waals surface area contributed by atoms with Gasteiger partial charge in [-0.25, -0.2) is 0 Å². The highest BCUT2D eigenvalue weighted by Gasteiger charge is 2.01. The lowest BCUT2D eigenvalue weighted by Gasteiger charge is -2.07. The number of aromatic nitrogens is 2. The summed E-state index contributed by atoms with van der Waals surface area (Å²) in [6.45, 7) is 0.759. The minimum Gasteiger partial charge on any atom is -0.379 e. The van der Waals surface area contributed by atoms with Crippen molar-refractivity contribution in [2.75, 3.05) is 5.32 Å². The van der Waals surface area contributed by atoms with Gasteiger partial charge in [-0.15, -0.1) is 0 Å². The molecule has 3 nitrogen and oxygen atoms in total. The molecule has 2 N–H and O–H groups in total. The molecule has 0 amide bonds. The van der Waals surface area contributed by atoms with Gasteiger partial charge in [0.15, 0.2) is 0 Å². The number of hydrogen-bond acceptors (Lipinski definition) is 2. The first kappa shape index (κ1) is 11.1. The van der Waals surface area contributed by atoms with Gasteiger partial charge in [-0.05, 0) is 23.8 Å². The summed E-state index contributed by atoms with van der Waals surface area (Å²) >= 11 is 5.86. The second kappa shape index (κ2) is 4.70. The lowest BCUT2D eigenvalue weighted by molar-refractivity contribution is 1.11. The molecule has 0 aliphatic carbocycles. The standard InChI is InChI=1S/C14H12ClN3/c15-12-6-4-10(5-7-12)8-16-13-3-1-2-11-9-17-18-14(11)13/h1-7,9,16H,8H2,(H,17,18). The van der Waals surface area contributed by atoms with Crippen molar-refractivity contribution in [3.05, 3.63) is 59.2 Å². The predicted octanol–water partition coefficient (Wildman–Crippen LogP) is 3.83. The third-order valence-corrected chi connectivity index (χ3v) is 3.12. The number of aromatic amines is 1. The van der Waals surface area contributed by atoms with E-state index in [0.29, 0.717) is 0 Å². The van der Waals surface area contributed by atoms with Gasteiger partial charge in [0.05, 0.1) is 17.4 Å². The number of halogens is 1. The van der Waals surface area contributed by atoms with E-state index in [1.807, 2.05) is 48.7 Å². The quantitative estimate of drug-likeness (QED) is 0.749. The summed E-state index contributed by atoms with van der Waals surface area (Å²) in [7, 11) is 0. The molecule has 0 atom stereocenters. The SMILES string of the molecule is Clc1ccc(CNc2cccc3cn[nH]c23)cc1. The van der Waals surface area contributed by atoms with Crippen LogP contribution >= 0.6 is 11.6 Å². The van der Waals surface area contributed by atoms with E-state index in [2.05, 4.69) is 15.5 Å². The fourth-order valence-electron chi connectivity index (χ4n) is 1.92. The van der Waals surface area contributed by atoms with Crippen molar-refractivity contribution in [2.24, 2.45) is 0 Å². The largest absolute Gasteiger partial charge is 0.379 e. The van der Waals surface area contributed by atoms with Gasteiger partial charge < -0.3 is 5.32 Å². The van der Waals surface area contributed by atoms with Gasteiger partial charge in [0.1, 0.15) is 0 Å². The Hall–Kier alpha value is -2.00. The monoisotopic (exact) mass is 257 g/mol. The zero-order valence-corrected chi connectivity index (χ0v) is 10.4. The third kappa shape index (κ3) is 2.17. The van der Waals surface area contributed by atoms with E-state index >= 15 is 0 Å². The van der Waals surface area contributed by atoms with E-state index in [4.69, 9.17) is 11.6 Å². The molecule has 0 spiro atoms. The lowest BCUT2D eigenvalue weighted by Crippen LogP contribution is -1.99. The van der Waals surface area contributed by atoms with Crippen molar-refractivity contribution in [2.45, 2.75) is 6.54 Å². The lowest BCUT2D eigenvalue weighted by atomic mass is 10.2. The molecule has 0 radical (unpaired) electrons. The molecule has 0 bridgehead atoms. The molecule has 2 aromatic carbocycles. The average Bonchev–Trinajstić information content (AvgIpc) is 2.87. The number of rotatable bonds is 3. The number of anilines is 1. The van der Waals surface area contributed by atoms with Gasteiger partial charge >= 0.3 is 0 Å². The summed E-state index contributed by atoms with van der Waals surface area (Å²) < 4.78 is 0. The maximum Gasteiger partial charge on any atom is 0.0881 e. The zero-order valence-electron chi connectivity index (χ0n) is 9.65. The Morgan fingerprint density at radius 3 is 2.78 bits per heavy atom. The molecule has 3 rings (SSSR count). The molecule has 90 valence electrons. The average molecular weight is 258 g/mol. The van der Waals surface area contributed by atoms with Gasteiger partial charge in [-0.3, -0.25) is 5.10 Å². The molecule has 0 unspecified atom stereocenters. The van der Waals surface area contributed by atoms with Crippen LogP contribution in [-0.4, -0.2) is 10.2 Å². The van der Waals surface area contributed by atoms with Crippen LogP contribution in [0.2, 0.25) is 5.02 Å². The molecule has 0 aliphatic rings. The molecule has 3 aromatic rings.